The molecule has 2 amide bonds. The quantitative estimate of drug-likeness (QED) is 0.405. The fourth-order valence-corrected chi connectivity index (χ4v) is 3.95. The lowest BCUT2D eigenvalue weighted by Gasteiger charge is -2.34. The van der Waals surface area contributed by atoms with E-state index in [1.165, 1.54) is 0 Å². The van der Waals surface area contributed by atoms with E-state index in [2.05, 4.69) is 10.6 Å². The van der Waals surface area contributed by atoms with Gasteiger partial charge < -0.3 is 30.9 Å². The van der Waals surface area contributed by atoms with Crippen LogP contribution in [0.4, 0.5) is 9.59 Å². The Morgan fingerprint density at radius 3 is 1.21 bits per heavy atom. The van der Waals surface area contributed by atoms with Gasteiger partial charge in [-0.1, -0.05) is 0 Å². The predicted octanol–water partition coefficient (Wildman–Crippen LogP) is 3.57. The molecule has 0 spiro atoms. The molecule has 0 unspecified atom stereocenters. The highest BCUT2D eigenvalue weighted by atomic mass is 16.6. The van der Waals surface area contributed by atoms with Gasteiger partial charge >= 0.3 is 18.2 Å². The van der Waals surface area contributed by atoms with Crippen LogP contribution in [0.3, 0.4) is 0 Å². The molecular formula is C27H47N3O8. The van der Waals surface area contributed by atoms with Crippen molar-refractivity contribution in [2.24, 2.45) is 23.5 Å². The molecule has 3 aliphatic rings. The van der Waals surface area contributed by atoms with Crippen LogP contribution in [0.25, 0.3) is 0 Å². The first-order chi connectivity index (χ1) is 17.3. The lowest BCUT2D eigenvalue weighted by molar-refractivity contribution is -0.145. The molecule has 3 aliphatic carbocycles. The molecule has 3 fully saturated rings. The Morgan fingerprint density at radius 1 is 0.658 bits per heavy atom. The summed E-state index contributed by atoms with van der Waals surface area (Å²) in [6, 6.07) is 0.360. The minimum Gasteiger partial charge on any atom is -0.481 e. The summed E-state index contributed by atoms with van der Waals surface area (Å²) in [5, 5.41) is 14.0. The van der Waals surface area contributed by atoms with Crippen LogP contribution in [0, 0.1) is 17.8 Å². The van der Waals surface area contributed by atoms with Gasteiger partial charge in [0.25, 0.3) is 0 Å². The van der Waals surface area contributed by atoms with Gasteiger partial charge in [0.1, 0.15) is 22.8 Å². The maximum absolute atomic E-state index is 11.3. The number of Topliss-reactive ketones (excluding diaryl/α,β-unsaturated/α-hetero) is 2. The van der Waals surface area contributed by atoms with E-state index in [0.29, 0.717) is 30.6 Å². The number of carboxylic acid groups (broad SMARTS) is 1. The van der Waals surface area contributed by atoms with Crippen molar-refractivity contribution in [3.05, 3.63) is 0 Å². The largest absolute Gasteiger partial charge is 0.481 e. The number of hydrogen-bond acceptors (Lipinski definition) is 8. The molecule has 0 atom stereocenters. The molecule has 0 aromatic heterocycles. The van der Waals surface area contributed by atoms with Crippen LogP contribution in [0.2, 0.25) is 0 Å². The normalized spacial score (nSPS) is 27.6. The molecule has 0 heterocycles. The van der Waals surface area contributed by atoms with Gasteiger partial charge in [-0.3, -0.25) is 14.4 Å². The Kier molecular flexibility index (Phi) is 12.2. The van der Waals surface area contributed by atoms with Gasteiger partial charge in [-0.15, -0.1) is 0 Å². The molecule has 0 aromatic rings. The third-order valence-corrected chi connectivity index (χ3v) is 6.39. The summed E-state index contributed by atoms with van der Waals surface area (Å²) in [5.41, 5.74) is 4.48. The number of alkyl carbamates (subject to hydrolysis) is 2. The van der Waals surface area contributed by atoms with Gasteiger partial charge in [0.15, 0.2) is 0 Å². The van der Waals surface area contributed by atoms with Gasteiger partial charge in [0.05, 0.1) is 5.92 Å². The molecule has 0 radical (unpaired) electrons. The minimum absolute atomic E-state index is 0.0547. The molecule has 0 saturated heterocycles. The van der Waals surface area contributed by atoms with Crippen LogP contribution in [-0.4, -0.2) is 64.2 Å². The van der Waals surface area contributed by atoms with Gasteiger partial charge in [0.2, 0.25) is 0 Å². The zero-order valence-electron chi connectivity index (χ0n) is 24.1. The van der Waals surface area contributed by atoms with Crippen molar-refractivity contribution in [1.29, 1.82) is 0 Å². The molecule has 11 heteroatoms. The molecule has 0 aliphatic heterocycles. The summed E-state index contributed by atoms with van der Waals surface area (Å²) < 4.78 is 10.1. The van der Waals surface area contributed by atoms with E-state index in [9.17, 15) is 24.0 Å². The number of rotatable bonds is 5. The third kappa shape index (κ3) is 13.2. The number of nitrogens with one attached hydrogen (secondary N) is 2. The number of aliphatic carboxylic acids is 1. The number of amides is 2. The molecule has 5 N–H and O–H groups in total. The Morgan fingerprint density at radius 2 is 0.974 bits per heavy atom. The van der Waals surface area contributed by atoms with E-state index in [4.69, 9.17) is 20.3 Å². The number of carboxylic acids is 1. The SMILES string of the molecule is CC(=O)C1CC(N)C1.CC(=O)C1CC(NC(=O)OC(C)(C)C)C1.CC(C)(C)OC(=O)NC1CC(C(=O)O)C1. The van der Waals surface area contributed by atoms with E-state index in [1.807, 2.05) is 20.8 Å². The van der Waals surface area contributed by atoms with Crippen LogP contribution >= 0.6 is 0 Å². The highest BCUT2D eigenvalue weighted by molar-refractivity contribution is 5.80. The van der Waals surface area contributed by atoms with E-state index < -0.39 is 29.4 Å². The van der Waals surface area contributed by atoms with E-state index >= 15 is 0 Å². The second-order valence-corrected chi connectivity index (χ2v) is 12.5. The zero-order chi connectivity index (χ0) is 29.4. The van der Waals surface area contributed by atoms with Gasteiger partial charge in [-0.05, 0) is 93.9 Å². The lowest BCUT2D eigenvalue weighted by atomic mass is 9.78. The van der Waals surface area contributed by atoms with Gasteiger partial charge in [-0.2, -0.15) is 0 Å². The second-order valence-electron chi connectivity index (χ2n) is 12.5. The third-order valence-electron chi connectivity index (χ3n) is 6.39. The number of ketones is 2. The fourth-order valence-electron chi connectivity index (χ4n) is 3.95. The van der Waals surface area contributed by atoms with Crippen LogP contribution in [0.15, 0.2) is 0 Å². The predicted molar refractivity (Wildman–Crippen MR) is 141 cm³/mol. The highest BCUT2D eigenvalue weighted by Crippen LogP contribution is 2.29. The van der Waals surface area contributed by atoms with Crippen LogP contribution in [-0.2, 0) is 23.9 Å². The molecule has 3 saturated carbocycles. The molecule has 218 valence electrons. The van der Waals surface area contributed by atoms with Gasteiger partial charge in [-0.25, -0.2) is 9.59 Å². The first kappa shape index (κ1) is 33.3. The van der Waals surface area contributed by atoms with Crippen LogP contribution in [0.5, 0.6) is 0 Å². The molecule has 0 bridgehead atoms. The fraction of sp³-hybridized carbons (Fsp3) is 0.815. The first-order valence-corrected chi connectivity index (χ1v) is 13.2. The highest BCUT2D eigenvalue weighted by Gasteiger charge is 2.36. The summed E-state index contributed by atoms with van der Waals surface area (Å²) >= 11 is 0. The van der Waals surface area contributed by atoms with Crippen molar-refractivity contribution in [2.45, 2.75) is 123 Å². The number of hydrogen-bond donors (Lipinski definition) is 4. The summed E-state index contributed by atoms with van der Waals surface area (Å²) in [6.45, 7) is 14.1. The Hall–Kier alpha value is -2.69. The van der Waals surface area contributed by atoms with E-state index in [0.717, 1.165) is 25.7 Å². The smallest absolute Gasteiger partial charge is 0.407 e. The van der Waals surface area contributed by atoms with Crippen molar-refractivity contribution >= 4 is 29.7 Å². The maximum Gasteiger partial charge on any atom is 0.407 e. The first-order valence-electron chi connectivity index (χ1n) is 13.2. The molecule has 0 aromatic carbocycles. The average Bonchev–Trinajstić information content (AvgIpc) is 2.61. The summed E-state index contributed by atoms with van der Waals surface area (Å²) in [7, 11) is 0. The maximum atomic E-state index is 11.3. The Balaban J connectivity index is 0.000000298. The van der Waals surface area contributed by atoms with Crippen molar-refractivity contribution in [1.82, 2.24) is 10.6 Å². The van der Waals surface area contributed by atoms with Crippen LogP contribution < -0.4 is 16.4 Å². The number of carbonyl (C=O) groups is 5. The summed E-state index contributed by atoms with van der Waals surface area (Å²) in [6.07, 6.45) is 3.43. The minimum atomic E-state index is -0.794. The zero-order valence-corrected chi connectivity index (χ0v) is 24.1. The average molecular weight is 542 g/mol. The second kappa shape index (κ2) is 13.9. The topological polar surface area (TPSA) is 174 Å². The lowest BCUT2D eigenvalue weighted by Crippen LogP contribution is -2.48. The number of carbonyl (C=O) groups excluding carboxylic acids is 4. The molecule has 3 rings (SSSR count). The molecular weight excluding hydrogens is 494 g/mol. The number of nitrogens with two attached hydrogens (primary N) is 1. The summed E-state index contributed by atoms with van der Waals surface area (Å²) in [5.74, 6) is -0.180. The van der Waals surface area contributed by atoms with E-state index in [1.54, 1.807) is 34.6 Å². The standard InChI is InChI=1S/C11H19NO3.C10H17NO4.C6H11NO/c1-7(13)8-5-9(6-8)12-10(14)15-11(2,3)4;1-10(2,3)15-9(14)11-7-4-6(5-7)8(12)13;1-4(8)5-2-6(7)3-5/h8-9H,5-6H2,1-4H3,(H,12,14);6-7H,4-5H2,1-3H3,(H,11,14)(H,12,13);5-6H,2-3,7H2,1H3. The van der Waals surface area contributed by atoms with Crippen LogP contribution in [0.1, 0.15) is 93.9 Å². The van der Waals surface area contributed by atoms with Crippen molar-refractivity contribution in [3.8, 4) is 0 Å². The summed E-state index contributed by atoms with van der Waals surface area (Å²) in [4.78, 5) is 54.5. The van der Waals surface area contributed by atoms with E-state index in [-0.39, 0.29) is 29.7 Å². The van der Waals surface area contributed by atoms with Gasteiger partial charge in [0, 0.05) is 30.0 Å². The molecule has 11 nitrogen and oxygen atoms in total. The Bertz CT molecular complexity index is 787. The number of ether oxygens (including phenoxy) is 2. The van der Waals surface area contributed by atoms with Crippen molar-refractivity contribution < 1.29 is 38.6 Å². The Labute approximate surface area is 225 Å². The molecule has 38 heavy (non-hydrogen) atoms. The van der Waals surface area contributed by atoms with Crippen molar-refractivity contribution in [2.75, 3.05) is 0 Å². The monoisotopic (exact) mass is 541 g/mol. The van der Waals surface area contributed by atoms with Crippen molar-refractivity contribution in [3.63, 3.8) is 0 Å².